The number of aliphatic hydroxyl groups excluding tert-OH is 1. The highest BCUT2D eigenvalue weighted by atomic mass is 16.5. The van der Waals surface area contributed by atoms with Gasteiger partial charge < -0.3 is 9.84 Å². The zero-order chi connectivity index (χ0) is 13.9. The summed E-state index contributed by atoms with van der Waals surface area (Å²) in [4.78, 5) is 2.40. The van der Waals surface area contributed by atoms with Gasteiger partial charge in [0.2, 0.25) is 0 Å². The summed E-state index contributed by atoms with van der Waals surface area (Å²) in [5, 5.41) is 11.9. The lowest BCUT2D eigenvalue weighted by molar-refractivity contribution is -0.0804. The van der Waals surface area contributed by atoms with Crippen LogP contribution in [-0.4, -0.2) is 41.9 Å². The number of aliphatic hydroxyl groups is 1. The molecule has 1 aliphatic rings. The molecule has 2 aromatic carbocycles. The summed E-state index contributed by atoms with van der Waals surface area (Å²) in [6.45, 7) is 4.66. The van der Waals surface area contributed by atoms with E-state index in [0.717, 1.165) is 13.1 Å². The molecule has 2 aromatic rings. The molecule has 0 saturated carbocycles. The Morgan fingerprint density at radius 1 is 1.20 bits per heavy atom. The van der Waals surface area contributed by atoms with E-state index in [0.29, 0.717) is 12.6 Å². The predicted molar refractivity (Wildman–Crippen MR) is 80.6 cm³/mol. The Balaban J connectivity index is 1.85. The molecule has 3 rings (SSSR count). The minimum Gasteiger partial charge on any atom is -0.394 e. The first-order valence-electron chi connectivity index (χ1n) is 7.21. The minimum atomic E-state index is -0.0545. The molecule has 1 saturated heterocycles. The topological polar surface area (TPSA) is 32.7 Å². The van der Waals surface area contributed by atoms with Gasteiger partial charge >= 0.3 is 0 Å². The first kappa shape index (κ1) is 13.6. The summed E-state index contributed by atoms with van der Waals surface area (Å²) in [5.74, 6) is 0. The van der Waals surface area contributed by atoms with Gasteiger partial charge in [-0.25, -0.2) is 0 Å². The molecular formula is C17H21NO2. The fourth-order valence-corrected chi connectivity index (χ4v) is 2.85. The molecule has 3 nitrogen and oxygen atoms in total. The summed E-state index contributed by atoms with van der Waals surface area (Å²) in [6.07, 6.45) is -0.0545. The van der Waals surface area contributed by atoms with Crippen LogP contribution in [0.1, 0.15) is 12.5 Å². The van der Waals surface area contributed by atoms with Gasteiger partial charge in [-0.15, -0.1) is 0 Å². The van der Waals surface area contributed by atoms with Crippen LogP contribution in [0, 0.1) is 0 Å². The third-order valence-corrected chi connectivity index (χ3v) is 4.09. The number of hydrogen-bond donors (Lipinski definition) is 1. The lowest BCUT2D eigenvalue weighted by atomic mass is 10.0. The van der Waals surface area contributed by atoms with Crippen molar-refractivity contribution in [3.05, 3.63) is 48.0 Å². The summed E-state index contributed by atoms with van der Waals surface area (Å²) in [6, 6.07) is 15.3. The number of ether oxygens (including phenoxy) is 1. The van der Waals surface area contributed by atoms with E-state index in [1.807, 2.05) is 0 Å². The first-order valence-corrected chi connectivity index (χ1v) is 7.21. The molecule has 3 heteroatoms. The maximum atomic E-state index is 9.28. The van der Waals surface area contributed by atoms with E-state index in [-0.39, 0.29) is 12.7 Å². The summed E-state index contributed by atoms with van der Waals surface area (Å²) >= 11 is 0. The molecule has 0 radical (unpaired) electrons. The van der Waals surface area contributed by atoms with Crippen molar-refractivity contribution in [2.45, 2.75) is 25.6 Å². The normalized spacial score (nSPS) is 24.1. The monoisotopic (exact) mass is 271 g/mol. The Bertz CT molecular complexity index is 579. The second kappa shape index (κ2) is 5.92. The van der Waals surface area contributed by atoms with Gasteiger partial charge in [-0.1, -0.05) is 42.5 Å². The zero-order valence-electron chi connectivity index (χ0n) is 11.8. The van der Waals surface area contributed by atoms with Crippen LogP contribution in [0.25, 0.3) is 10.8 Å². The van der Waals surface area contributed by atoms with Crippen molar-refractivity contribution in [2.24, 2.45) is 0 Å². The smallest absolute Gasteiger partial charge is 0.0933 e. The van der Waals surface area contributed by atoms with Crippen LogP contribution in [0.3, 0.4) is 0 Å². The van der Waals surface area contributed by atoms with Crippen molar-refractivity contribution in [3.8, 4) is 0 Å². The maximum absolute atomic E-state index is 9.28. The van der Waals surface area contributed by atoms with Crippen molar-refractivity contribution < 1.29 is 9.84 Å². The number of nitrogens with zero attached hydrogens (tertiary/aromatic N) is 1. The Labute approximate surface area is 119 Å². The molecule has 2 atom stereocenters. The van der Waals surface area contributed by atoms with E-state index in [1.54, 1.807) is 0 Å². The van der Waals surface area contributed by atoms with Crippen LogP contribution in [0.2, 0.25) is 0 Å². The van der Waals surface area contributed by atoms with Gasteiger partial charge in [-0.05, 0) is 23.3 Å². The van der Waals surface area contributed by atoms with Crippen molar-refractivity contribution >= 4 is 10.8 Å². The van der Waals surface area contributed by atoms with Crippen LogP contribution in [0.15, 0.2) is 42.5 Å². The molecular weight excluding hydrogens is 250 g/mol. The van der Waals surface area contributed by atoms with Crippen LogP contribution < -0.4 is 0 Å². The Kier molecular flexibility index (Phi) is 4.01. The van der Waals surface area contributed by atoms with E-state index in [4.69, 9.17) is 4.74 Å². The molecule has 1 aliphatic heterocycles. The quantitative estimate of drug-likeness (QED) is 0.930. The van der Waals surface area contributed by atoms with Crippen LogP contribution in [-0.2, 0) is 11.3 Å². The third-order valence-electron chi connectivity index (χ3n) is 4.09. The maximum Gasteiger partial charge on any atom is 0.0933 e. The molecule has 0 aromatic heterocycles. The fraction of sp³-hybridized carbons (Fsp3) is 0.412. The van der Waals surface area contributed by atoms with Crippen molar-refractivity contribution in [2.75, 3.05) is 19.8 Å². The number of benzene rings is 2. The van der Waals surface area contributed by atoms with Gasteiger partial charge in [0.25, 0.3) is 0 Å². The largest absolute Gasteiger partial charge is 0.394 e. The average Bonchev–Trinajstić information content (AvgIpc) is 2.50. The van der Waals surface area contributed by atoms with E-state index in [9.17, 15) is 5.11 Å². The van der Waals surface area contributed by atoms with Crippen molar-refractivity contribution in [1.29, 1.82) is 0 Å². The Morgan fingerprint density at radius 2 is 2.00 bits per heavy atom. The van der Waals surface area contributed by atoms with Crippen molar-refractivity contribution in [3.63, 3.8) is 0 Å². The second-order valence-corrected chi connectivity index (χ2v) is 5.55. The lowest BCUT2D eigenvalue weighted by Gasteiger charge is -2.37. The molecule has 0 spiro atoms. The van der Waals surface area contributed by atoms with Gasteiger partial charge in [-0.2, -0.15) is 0 Å². The molecule has 0 aliphatic carbocycles. The molecule has 106 valence electrons. The van der Waals surface area contributed by atoms with E-state index >= 15 is 0 Å². The third kappa shape index (κ3) is 2.70. The zero-order valence-corrected chi connectivity index (χ0v) is 11.8. The molecule has 0 amide bonds. The predicted octanol–water partition coefficient (Wildman–Crippen LogP) is 2.42. The molecule has 1 heterocycles. The van der Waals surface area contributed by atoms with Gasteiger partial charge in [0.05, 0.1) is 19.3 Å². The van der Waals surface area contributed by atoms with Gasteiger partial charge in [0.1, 0.15) is 0 Å². The van der Waals surface area contributed by atoms with Crippen LogP contribution >= 0.6 is 0 Å². The number of hydrogen-bond acceptors (Lipinski definition) is 3. The number of morpholine rings is 1. The van der Waals surface area contributed by atoms with Gasteiger partial charge in [0, 0.05) is 19.1 Å². The first-order chi connectivity index (χ1) is 9.78. The standard InChI is InChI=1S/C17H21NO2/c1-13-12-20-16(11-19)10-18(13)9-15-7-4-6-14-5-2-3-8-17(14)15/h2-8,13,16,19H,9-12H2,1H3. The van der Waals surface area contributed by atoms with E-state index < -0.39 is 0 Å². The van der Waals surface area contributed by atoms with Crippen LogP contribution in [0.5, 0.6) is 0 Å². The fourth-order valence-electron chi connectivity index (χ4n) is 2.85. The SMILES string of the molecule is CC1COC(CO)CN1Cc1cccc2ccccc12. The average molecular weight is 271 g/mol. The minimum absolute atomic E-state index is 0.0545. The highest BCUT2D eigenvalue weighted by Crippen LogP contribution is 2.22. The Morgan fingerprint density at radius 3 is 2.85 bits per heavy atom. The van der Waals surface area contributed by atoms with E-state index in [2.05, 4.69) is 54.3 Å². The van der Waals surface area contributed by atoms with Crippen molar-refractivity contribution in [1.82, 2.24) is 4.90 Å². The highest BCUT2D eigenvalue weighted by Gasteiger charge is 2.25. The second-order valence-electron chi connectivity index (χ2n) is 5.55. The summed E-state index contributed by atoms with van der Waals surface area (Å²) in [7, 11) is 0. The van der Waals surface area contributed by atoms with Gasteiger partial charge in [-0.3, -0.25) is 4.90 Å². The van der Waals surface area contributed by atoms with Crippen LogP contribution in [0.4, 0.5) is 0 Å². The summed E-state index contributed by atoms with van der Waals surface area (Å²) in [5.41, 5.74) is 1.34. The number of fused-ring (bicyclic) bond motifs is 1. The summed E-state index contributed by atoms with van der Waals surface area (Å²) < 4.78 is 5.60. The lowest BCUT2D eigenvalue weighted by Crippen LogP contribution is -2.48. The molecule has 20 heavy (non-hydrogen) atoms. The molecule has 2 unspecified atom stereocenters. The molecule has 1 fully saturated rings. The van der Waals surface area contributed by atoms with Gasteiger partial charge in [0.15, 0.2) is 0 Å². The highest BCUT2D eigenvalue weighted by molar-refractivity contribution is 5.85. The molecule has 1 N–H and O–H groups in total. The number of rotatable bonds is 3. The Hall–Kier alpha value is -1.42. The molecule has 0 bridgehead atoms. The van der Waals surface area contributed by atoms with E-state index in [1.165, 1.54) is 16.3 Å².